The molecular weight excluding hydrogens is 324 g/mol. The molecule has 26 heavy (non-hydrogen) atoms. The number of likely N-dealkylation sites (tertiary alicyclic amines) is 2. The zero-order valence-corrected chi connectivity index (χ0v) is 16.0. The Balaban J connectivity index is 1.52. The molecule has 144 valence electrons. The molecule has 0 saturated carbocycles. The number of carbonyl (C=O) groups is 1. The fourth-order valence-electron chi connectivity index (χ4n) is 4.38. The monoisotopic (exact) mass is 358 g/mol. The molecule has 1 atom stereocenters. The van der Waals surface area contributed by atoms with Gasteiger partial charge in [-0.3, -0.25) is 9.69 Å². The Morgan fingerprint density at radius 2 is 1.62 bits per heavy atom. The summed E-state index contributed by atoms with van der Waals surface area (Å²) >= 11 is 0. The largest absolute Gasteiger partial charge is 0.379 e. The van der Waals surface area contributed by atoms with Gasteiger partial charge in [-0.05, 0) is 57.2 Å². The van der Waals surface area contributed by atoms with Gasteiger partial charge in [-0.2, -0.15) is 0 Å². The summed E-state index contributed by atoms with van der Waals surface area (Å²) in [7, 11) is 0. The number of aryl methyl sites for hydroxylation is 1. The third kappa shape index (κ3) is 5.31. The fraction of sp³-hybridized carbons (Fsp3) is 0.682. The lowest BCUT2D eigenvalue weighted by Crippen LogP contribution is -2.59. The number of benzene rings is 1. The van der Waals surface area contributed by atoms with Crippen molar-refractivity contribution in [2.24, 2.45) is 0 Å². The number of β-amino-alcohol motifs (C(OH)–C–C–N with tert-alkyl or cyclic N) is 1. The lowest BCUT2D eigenvalue weighted by atomic mass is 9.90. The summed E-state index contributed by atoms with van der Waals surface area (Å²) in [4.78, 5) is 17.2. The van der Waals surface area contributed by atoms with Crippen LogP contribution in [0.3, 0.4) is 0 Å². The first-order valence-electron chi connectivity index (χ1n) is 10.5. The summed E-state index contributed by atoms with van der Waals surface area (Å²) in [6.07, 6.45) is 9.69. The van der Waals surface area contributed by atoms with Gasteiger partial charge in [0.1, 0.15) is 0 Å². The molecule has 2 aliphatic heterocycles. The molecule has 2 heterocycles. The van der Waals surface area contributed by atoms with Crippen LogP contribution in [0.1, 0.15) is 56.9 Å². The van der Waals surface area contributed by atoms with Crippen molar-refractivity contribution in [2.45, 2.75) is 63.4 Å². The average molecular weight is 359 g/mol. The molecule has 2 saturated heterocycles. The molecule has 0 unspecified atom stereocenters. The Bertz CT molecular complexity index is 555. The Hall–Kier alpha value is -1.39. The molecule has 0 spiro atoms. The van der Waals surface area contributed by atoms with Crippen molar-refractivity contribution in [3.05, 3.63) is 35.9 Å². The van der Waals surface area contributed by atoms with E-state index in [9.17, 15) is 9.90 Å². The van der Waals surface area contributed by atoms with E-state index in [4.69, 9.17) is 0 Å². The molecule has 2 aliphatic rings. The van der Waals surface area contributed by atoms with Gasteiger partial charge >= 0.3 is 0 Å². The number of amides is 1. The van der Waals surface area contributed by atoms with Crippen LogP contribution in [0.4, 0.5) is 0 Å². The number of aliphatic hydroxyl groups is 1. The summed E-state index contributed by atoms with van der Waals surface area (Å²) in [5.41, 5.74) is 0.136. The van der Waals surface area contributed by atoms with E-state index >= 15 is 0 Å². The molecule has 0 aliphatic carbocycles. The molecular formula is C22H34N2O2. The molecule has 0 aromatic heterocycles. The molecule has 0 radical (unpaired) electrons. The van der Waals surface area contributed by atoms with E-state index < -0.39 is 5.60 Å². The van der Waals surface area contributed by atoms with Crippen LogP contribution in [-0.2, 0) is 11.2 Å². The predicted molar refractivity (Wildman–Crippen MR) is 105 cm³/mol. The van der Waals surface area contributed by atoms with Gasteiger partial charge in [-0.25, -0.2) is 0 Å². The Morgan fingerprint density at radius 1 is 0.923 bits per heavy atom. The number of hydrogen-bond acceptors (Lipinski definition) is 3. The molecule has 1 aromatic carbocycles. The van der Waals surface area contributed by atoms with Crippen LogP contribution >= 0.6 is 0 Å². The highest BCUT2D eigenvalue weighted by molar-refractivity contribution is 5.86. The maximum Gasteiger partial charge on any atom is 0.255 e. The highest BCUT2D eigenvalue weighted by Crippen LogP contribution is 2.25. The van der Waals surface area contributed by atoms with Crippen LogP contribution in [-0.4, -0.2) is 59.1 Å². The number of piperidine rings is 1. The maximum atomic E-state index is 13.0. The van der Waals surface area contributed by atoms with Crippen molar-refractivity contribution in [3.63, 3.8) is 0 Å². The van der Waals surface area contributed by atoms with Gasteiger partial charge in [0.25, 0.3) is 5.91 Å². The van der Waals surface area contributed by atoms with E-state index in [1.807, 2.05) is 11.0 Å². The van der Waals surface area contributed by atoms with Crippen LogP contribution < -0.4 is 0 Å². The Morgan fingerprint density at radius 3 is 2.35 bits per heavy atom. The minimum atomic E-state index is -1.18. The zero-order chi connectivity index (χ0) is 18.2. The Kier molecular flexibility index (Phi) is 7.09. The first-order valence-corrected chi connectivity index (χ1v) is 10.5. The van der Waals surface area contributed by atoms with E-state index in [1.54, 1.807) is 0 Å². The zero-order valence-electron chi connectivity index (χ0n) is 16.0. The van der Waals surface area contributed by atoms with Crippen molar-refractivity contribution in [2.75, 3.05) is 32.7 Å². The van der Waals surface area contributed by atoms with Gasteiger partial charge in [0.15, 0.2) is 5.60 Å². The van der Waals surface area contributed by atoms with Crippen molar-refractivity contribution < 1.29 is 9.90 Å². The van der Waals surface area contributed by atoms with Crippen LogP contribution in [0.15, 0.2) is 30.3 Å². The molecule has 3 rings (SSSR count). The van der Waals surface area contributed by atoms with Crippen molar-refractivity contribution in [1.82, 2.24) is 9.80 Å². The molecule has 4 heteroatoms. The maximum absolute atomic E-state index is 13.0. The predicted octanol–water partition coefficient (Wildman–Crippen LogP) is 3.24. The number of rotatable bonds is 6. The third-order valence-electron chi connectivity index (χ3n) is 5.87. The van der Waals surface area contributed by atoms with Crippen molar-refractivity contribution in [3.8, 4) is 0 Å². The highest BCUT2D eigenvalue weighted by atomic mass is 16.3. The molecule has 1 amide bonds. The summed E-state index contributed by atoms with van der Waals surface area (Å²) < 4.78 is 0. The number of nitrogens with zero attached hydrogens (tertiary/aromatic N) is 2. The second-order valence-corrected chi connectivity index (χ2v) is 8.06. The van der Waals surface area contributed by atoms with E-state index in [0.29, 0.717) is 13.0 Å². The fourth-order valence-corrected chi connectivity index (χ4v) is 4.38. The average Bonchev–Trinajstić information content (AvgIpc) is 2.62. The first kappa shape index (κ1) is 19.4. The van der Waals surface area contributed by atoms with Crippen molar-refractivity contribution in [1.29, 1.82) is 0 Å². The van der Waals surface area contributed by atoms with Gasteiger partial charge < -0.3 is 10.0 Å². The minimum absolute atomic E-state index is 0.0427. The van der Waals surface area contributed by atoms with E-state index in [2.05, 4.69) is 29.2 Å². The lowest BCUT2D eigenvalue weighted by Gasteiger charge is -2.41. The molecule has 4 nitrogen and oxygen atoms in total. The van der Waals surface area contributed by atoms with Crippen LogP contribution in [0.5, 0.6) is 0 Å². The normalized spacial score (nSPS) is 25.7. The standard InChI is InChI=1S/C22H34N2O2/c25-21-22(26,19-23-15-7-2-1-3-8-16-23)14-10-18-24(21)17-9-13-20-11-5-4-6-12-20/h4-6,11-12,26H,1-3,7-10,13-19H2/t22-/m1/s1. The lowest BCUT2D eigenvalue weighted by molar-refractivity contribution is -0.159. The molecule has 2 fully saturated rings. The van der Waals surface area contributed by atoms with Crippen molar-refractivity contribution >= 4 is 5.91 Å². The van der Waals surface area contributed by atoms with Gasteiger partial charge in [-0.1, -0.05) is 49.6 Å². The van der Waals surface area contributed by atoms with Gasteiger partial charge in [0.05, 0.1) is 0 Å². The quantitative estimate of drug-likeness (QED) is 0.849. The summed E-state index contributed by atoms with van der Waals surface area (Å²) in [6.45, 7) is 4.08. The van der Waals surface area contributed by atoms with Gasteiger partial charge in [0.2, 0.25) is 0 Å². The molecule has 1 aromatic rings. The Labute approximate surface area is 158 Å². The highest BCUT2D eigenvalue weighted by Gasteiger charge is 2.43. The summed E-state index contributed by atoms with van der Waals surface area (Å²) in [5, 5.41) is 11.1. The van der Waals surface area contributed by atoms with E-state index in [1.165, 1.54) is 37.7 Å². The smallest absolute Gasteiger partial charge is 0.255 e. The van der Waals surface area contributed by atoms with Crippen LogP contribution in [0.25, 0.3) is 0 Å². The van der Waals surface area contributed by atoms with Crippen LogP contribution in [0.2, 0.25) is 0 Å². The molecule has 1 N–H and O–H groups in total. The number of hydrogen-bond donors (Lipinski definition) is 1. The molecule has 0 bridgehead atoms. The first-order chi connectivity index (χ1) is 12.7. The summed E-state index contributed by atoms with van der Waals surface area (Å²) in [6, 6.07) is 10.4. The van der Waals surface area contributed by atoms with Gasteiger partial charge in [0, 0.05) is 19.6 Å². The second kappa shape index (κ2) is 9.52. The van der Waals surface area contributed by atoms with E-state index in [0.717, 1.165) is 45.4 Å². The summed E-state index contributed by atoms with van der Waals surface area (Å²) in [5.74, 6) is -0.0427. The third-order valence-corrected chi connectivity index (χ3v) is 5.87. The van der Waals surface area contributed by atoms with E-state index in [-0.39, 0.29) is 5.91 Å². The topological polar surface area (TPSA) is 43.8 Å². The minimum Gasteiger partial charge on any atom is -0.379 e. The SMILES string of the molecule is O=C1N(CCCc2ccccc2)CCC[C@@]1(O)CN1CCCCCCC1. The van der Waals surface area contributed by atoms with Gasteiger partial charge in [-0.15, -0.1) is 0 Å². The van der Waals surface area contributed by atoms with Crippen LogP contribution in [0, 0.1) is 0 Å². The number of carbonyl (C=O) groups excluding carboxylic acids is 1. The second-order valence-electron chi connectivity index (χ2n) is 8.06.